The number of rotatable bonds is 7. The summed E-state index contributed by atoms with van der Waals surface area (Å²) in [7, 11) is 6.03. The summed E-state index contributed by atoms with van der Waals surface area (Å²) in [6.07, 6.45) is 2.94. The number of phenolic OH excluding ortho intramolecular Hbond substituents is 1. The Kier molecular flexibility index (Phi) is 5.89. The number of carbonyl (C=O) groups excluding carboxylic acids is 1. The molecule has 2 aromatic rings. The summed E-state index contributed by atoms with van der Waals surface area (Å²) in [5, 5.41) is 9.95. The van der Waals surface area contributed by atoms with Gasteiger partial charge in [-0.05, 0) is 36.4 Å². The Morgan fingerprint density at radius 2 is 1.64 bits per heavy atom. The lowest BCUT2D eigenvalue weighted by Gasteiger charge is -2.14. The first-order valence-electron chi connectivity index (χ1n) is 7.44. The Balaban J connectivity index is 2.34. The lowest BCUT2D eigenvalue weighted by molar-refractivity contribution is 0.104. The molecule has 0 amide bonds. The van der Waals surface area contributed by atoms with Crippen LogP contribution in [0.2, 0.25) is 0 Å². The van der Waals surface area contributed by atoms with E-state index < -0.39 is 0 Å². The summed E-state index contributed by atoms with van der Waals surface area (Å²) < 4.78 is 20.9. The second-order valence-corrected chi connectivity index (χ2v) is 5.00. The number of hydrogen-bond donors (Lipinski definition) is 1. The van der Waals surface area contributed by atoms with Gasteiger partial charge in [-0.2, -0.15) is 0 Å². The number of hydrogen-bond acceptors (Lipinski definition) is 6. The molecule has 0 radical (unpaired) electrons. The van der Waals surface area contributed by atoms with Gasteiger partial charge in [0, 0.05) is 11.6 Å². The number of carbonyl (C=O) groups is 1. The minimum absolute atomic E-state index is 0.145. The number of ketones is 1. The molecule has 0 spiro atoms. The molecule has 0 atom stereocenters. The monoisotopic (exact) mass is 344 g/mol. The van der Waals surface area contributed by atoms with E-state index in [4.69, 9.17) is 18.9 Å². The van der Waals surface area contributed by atoms with Gasteiger partial charge in [-0.25, -0.2) is 0 Å². The third kappa shape index (κ3) is 3.85. The van der Waals surface area contributed by atoms with Gasteiger partial charge in [0.25, 0.3) is 0 Å². The minimum Gasteiger partial charge on any atom is -0.507 e. The van der Waals surface area contributed by atoms with Gasteiger partial charge < -0.3 is 24.1 Å². The first kappa shape index (κ1) is 18.2. The van der Waals surface area contributed by atoms with E-state index in [1.54, 1.807) is 24.3 Å². The van der Waals surface area contributed by atoms with Crippen molar-refractivity contribution in [1.82, 2.24) is 0 Å². The molecule has 0 fully saturated rings. The molecule has 0 heterocycles. The van der Waals surface area contributed by atoms with Gasteiger partial charge in [0.05, 0.1) is 34.0 Å². The van der Waals surface area contributed by atoms with E-state index in [0.717, 1.165) is 0 Å². The van der Waals surface area contributed by atoms with E-state index in [2.05, 4.69) is 0 Å². The third-order valence-electron chi connectivity index (χ3n) is 3.62. The Morgan fingerprint density at radius 3 is 2.20 bits per heavy atom. The van der Waals surface area contributed by atoms with Crippen molar-refractivity contribution in [3.63, 3.8) is 0 Å². The van der Waals surface area contributed by atoms with Crippen molar-refractivity contribution in [2.24, 2.45) is 0 Å². The van der Waals surface area contributed by atoms with Crippen LogP contribution in [0.3, 0.4) is 0 Å². The molecule has 25 heavy (non-hydrogen) atoms. The number of benzene rings is 2. The Morgan fingerprint density at radius 1 is 0.920 bits per heavy atom. The lowest BCUT2D eigenvalue weighted by atomic mass is 10.1. The fourth-order valence-corrected chi connectivity index (χ4v) is 2.36. The molecular formula is C19H20O6. The molecule has 0 aromatic heterocycles. The van der Waals surface area contributed by atoms with Crippen LogP contribution in [0.25, 0.3) is 6.08 Å². The fourth-order valence-electron chi connectivity index (χ4n) is 2.36. The highest BCUT2D eigenvalue weighted by molar-refractivity contribution is 6.08. The van der Waals surface area contributed by atoms with E-state index in [-0.39, 0.29) is 17.1 Å². The normalized spacial score (nSPS) is 10.6. The van der Waals surface area contributed by atoms with Crippen LogP contribution in [0, 0.1) is 0 Å². The van der Waals surface area contributed by atoms with E-state index >= 15 is 0 Å². The molecule has 0 aliphatic heterocycles. The number of allylic oxidation sites excluding steroid dienone is 1. The second kappa shape index (κ2) is 8.10. The lowest BCUT2D eigenvalue weighted by Crippen LogP contribution is -1.98. The van der Waals surface area contributed by atoms with Gasteiger partial charge >= 0.3 is 0 Å². The van der Waals surface area contributed by atoms with Crippen LogP contribution in [0.4, 0.5) is 0 Å². The first-order valence-corrected chi connectivity index (χ1v) is 7.44. The minimum atomic E-state index is -0.350. The summed E-state index contributed by atoms with van der Waals surface area (Å²) in [5.74, 6) is 1.39. The number of aromatic hydroxyl groups is 1. The molecule has 132 valence electrons. The molecule has 1 N–H and O–H groups in total. The zero-order valence-corrected chi connectivity index (χ0v) is 14.5. The fraction of sp³-hybridized carbons (Fsp3) is 0.211. The van der Waals surface area contributed by atoms with Crippen molar-refractivity contribution in [2.75, 3.05) is 28.4 Å². The zero-order chi connectivity index (χ0) is 18.4. The molecule has 0 aliphatic carbocycles. The molecule has 2 rings (SSSR count). The van der Waals surface area contributed by atoms with Crippen molar-refractivity contribution in [3.05, 3.63) is 47.5 Å². The zero-order valence-electron chi connectivity index (χ0n) is 14.5. The Labute approximate surface area is 146 Å². The van der Waals surface area contributed by atoms with Gasteiger partial charge in [-0.1, -0.05) is 0 Å². The van der Waals surface area contributed by atoms with Crippen LogP contribution in [0.1, 0.15) is 15.9 Å². The largest absolute Gasteiger partial charge is 0.507 e. The highest BCUT2D eigenvalue weighted by Gasteiger charge is 2.15. The predicted octanol–water partition coefficient (Wildman–Crippen LogP) is 3.32. The van der Waals surface area contributed by atoms with Crippen molar-refractivity contribution >= 4 is 11.9 Å². The van der Waals surface area contributed by atoms with Crippen LogP contribution in [0.15, 0.2) is 36.4 Å². The number of methoxy groups -OCH3 is 4. The number of phenols is 1. The summed E-state index contributed by atoms with van der Waals surface area (Å²) in [6, 6.07) is 7.97. The smallest absolute Gasteiger partial charge is 0.203 e. The van der Waals surface area contributed by atoms with Gasteiger partial charge in [-0.15, -0.1) is 0 Å². The van der Waals surface area contributed by atoms with Crippen molar-refractivity contribution in [1.29, 1.82) is 0 Å². The van der Waals surface area contributed by atoms with Gasteiger partial charge in [0.2, 0.25) is 5.75 Å². The third-order valence-corrected chi connectivity index (χ3v) is 3.62. The molecular weight excluding hydrogens is 324 g/mol. The van der Waals surface area contributed by atoms with Crippen LogP contribution < -0.4 is 18.9 Å². The number of ether oxygens (including phenoxy) is 4. The van der Waals surface area contributed by atoms with Crippen molar-refractivity contribution < 1.29 is 28.8 Å². The molecule has 0 aliphatic rings. The van der Waals surface area contributed by atoms with Gasteiger partial charge in [0.15, 0.2) is 17.3 Å². The highest BCUT2D eigenvalue weighted by Crippen LogP contribution is 2.40. The molecule has 2 aromatic carbocycles. The summed E-state index contributed by atoms with van der Waals surface area (Å²) >= 11 is 0. The maximum atomic E-state index is 12.3. The molecule has 6 nitrogen and oxygen atoms in total. The first-order chi connectivity index (χ1) is 12.0. The summed E-state index contributed by atoms with van der Waals surface area (Å²) in [4.78, 5) is 12.3. The van der Waals surface area contributed by atoms with Gasteiger partial charge in [-0.3, -0.25) is 4.79 Å². The summed E-state index contributed by atoms with van der Waals surface area (Å²) in [5.41, 5.74) is 0.818. The van der Waals surface area contributed by atoms with Crippen LogP contribution >= 0.6 is 0 Å². The van der Waals surface area contributed by atoms with Crippen LogP contribution in [-0.4, -0.2) is 39.3 Å². The van der Waals surface area contributed by atoms with Crippen LogP contribution in [-0.2, 0) is 0 Å². The predicted molar refractivity (Wildman–Crippen MR) is 94.1 cm³/mol. The standard InChI is InChI=1S/C19H20O6/c1-22-13-7-8-14(16(21)11-13)15(20)9-5-12-6-10-17(23-2)19(25-4)18(12)24-3/h5-11,21H,1-4H3. The van der Waals surface area contributed by atoms with E-state index in [1.165, 1.54) is 46.6 Å². The summed E-state index contributed by atoms with van der Waals surface area (Å²) in [6.45, 7) is 0. The van der Waals surface area contributed by atoms with Gasteiger partial charge in [0.1, 0.15) is 11.5 Å². The highest BCUT2D eigenvalue weighted by atomic mass is 16.5. The quantitative estimate of drug-likeness (QED) is 0.613. The van der Waals surface area contributed by atoms with E-state index in [1.807, 2.05) is 0 Å². The second-order valence-electron chi connectivity index (χ2n) is 5.00. The maximum absolute atomic E-state index is 12.3. The van der Waals surface area contributed by atoms with E-state index in [0.29, 0.717) is 28.6 Å². The Bertz CT molecular complexity index is 795. The maximum Gasteiger partial charge on any atom is 0.203 e. The van der Waals surface area contributed by atoms with Crippen molar-refractivity contribution in [3.8, 4) is 28.7 Å². The average molecular weight is 344 g/mol. The molecule has 0 saturated heterocycles. The molecule has 0 unspecified atom stereocenters. The SMILES string of the molecule is COc1ccc(C(=O)C=Cc2ccc(OC)c(OC)c2OC)c(O)c1. The van der Waals surface area contributed by atoms with Crippen LogP contribution in [0.5, 0.6) is 28.7 Å². The Hall–Kier alpha value is -3.15. The molecule has 6 heteroatoms. The van der Waals surface area contributed by atoms with E-state index in [9.17, 15) is 9.90 Å². The van der Waals surface area contributed by atoms with Crippen molar-refractivity contribution in [2.45, 2.75) is 0 Å². The molecule has 0 saturated carbocycles. The topological polar surface area (TPSA) is 74.2 Å². The molecule has 0 bridgehead atoms. The average Bonchev–Trinajstić information content (AvgIpc) is 2.64.